The van der Waals surface area contributed by atoms with Crippen molar-refractivity contribution in [3.63, 3.8) is 0 Å². The molecule has 5 nitrogen and oxygen atoms in total. The molecule has 6 rings (SSSR count). The highest BCUT2D eigenvalue weighted by Crippen LogP contribution is 2.39. The van der Waals surface area contributed by atoms with Gasteiger partial charge in [-0.2, -0.15) is 0 Å². The van der Waals surface area contributed by atoms with Crippen LogP contribution in [0.2, 0.25) is 0 Å². The predicted octanol–water partition coefficient (Wildman–Crippen LogP) is 6.51. The van der Waals surface area contributed by atoms with Crippen LogP contribution in [0, 0.1) is 0 Å². The Kier molecular flexibility index (Phi) is 4.99. The summed E-state index contributed by atoms with van der Waals surface area (Å²) in [6.45, 7) is 8.94. The summed E-state index contributed by atoms with van der Waals surface area (Å²) in [6, 6.07) is 23.5. The Hall–Kier alpha value is -3.70. The average molecular weight is 478 g/mol. The second-order valence-electron chi connectivity index (χ2n) is 11.5. The molecule has 0 saturated carbocycles. The molecule has 4 aromatic carbocycles. The molecule has 0 spiro atoms. The summed E-state index contributed by atoms with van der Waals surface area (Å²) in [5, 5.41) is 11.0. The van der Waals surface area contributed by atoms with Crippen molar-refractivity contribution in [1.29, 1.82) is 0 Å². The van der Waals surface area contributed by atoms with Gasteiger partial charge in [0.25, 0.3) is 11.8 Å². The van der Waals surface area contributed by atoms with Crippen LogP contribution in [0.5, 0.6) is 0 Å². The minimum Gasteiger partial charge on any atom is -0.382 e. The van der Waals surface area contributed by atoms with E-state index in [0.717, 1.165) is 40.1 Å². The Balaban J connectivity index is 1.44. The second kappa shape index (κ2) is 7.90. The van der Waals surface area contributed by atoms with Crippen LogP contribution in [0.15, 0.2) is 72.8 Å². The molecule has 0 aliphatic carbocycles. The molecule has 1 saturated heterocycles. The van der Waals surface area contributed by atoms with Crippen molar-refractivity contribution in [1.82, 2.24) is 5.32 Å². The van der Waals surface area contributed by atoms with E-state index in [0.29, 0.717) is 16.8 Å². The summed E-state index contributed by atoms with van der Waals surface area (Å²) in [5.41, 5.74) is 2.72. The fraction of sp³-hybridized carbons (Fsp3) is 0.290. The van der Waals surface area contributed by atoms with Gasteiger partial charge >= 0.3 is 0 Å². The quantitative estimate of drug-likeness (QED) is 0.330. The van der Waals surface area contributed by atoms with Gasteiger partial charge in [0.05, 0.1) is 5.69 Å². The number of anilines is 2. The first kappa shape index (κ1) is 22.7. The number of fused-ring (bicyclic) bond motifs is 1. The zero-order valence-corrected chi connectivity index (χ0v) is 21.2. The SMILES string of the molecule is CC1(C)CC(Nc2ccc3c4c(cccc24)C(=O)N(c2cccc4ccccc24)C3=O)CC(C)(C)N1. The van der Waals surface area contributed by atoms with Gasteiger partial charge < -0.3 is 10.6 Å². The molecular weight excluding hydrogens is 446 g/mol. The number of carbonyl (C=O) groups is 2. The fourth-order valence-electron chi connectivity index (χ4n) is 6.49. The number of amides is 2. The van der Waals surface area contributed by atoms with Crippen LogP contribution in [0.25, 0.3) is 21.5 Å². The lowest BCUT2D eigenvalue weighted by Crippen LogP contribution is -2.60. The monoisotopic (exact) mass is 477 g/mol. The van der Waals surface area contributed by atoms with Gasteiger partial charge in [-0.25, -0.2) is 4.90 Å². The van der Waals surface area contributed by atoms with E-state index in [1.54, 1.807) is 0 Å². The number of carbonyl (C=O) groups excluding carboxylic acids is 2. The fourth-order valence-corrected chi connectivity index (χ4v) is 6.49. The Morgan fingerprint density at radius 1 is 0.750 bits per heavy atom. The highest BCUT2D eigenvalue weighted by atomic mass is 16.2. The van der Waals surface area contributed by atoms with E-state index in [1.807, 2.05) is 72.8 Å². The number of nitrogens with one attached hydrogen (secondary N) is 2. The average Bonchev–Trinajstić information content (AvgIpc) is 2.81. The van der Waals surface area contributed by atoms with Crippen molar-refractivity contribution in [3.05, 3.63) is 83.9 Å². The standard InChI is InChI=1S/C31H31N3O2/c1-30(2)17-20(18-31(3,4)33-30)32-25-16-15-24-27-22(25)12-8-13-23(27)28(35)34(29(24)36)26-14-7-10-19-9-5-6-11-21(19)26/h5-16,20,32-33H,17-18H2,1-4H3. The van der Waals surface area contributed by atoms with E-state index in [9.17, 15) is 9.59 Å². The van der Waals surface area contributed by atoms with Gasteiger partial charge in [-0.3, -0.25) is 9.59 Å². The van der Waals surface area contributed by atoms with Crippen molar-refractivity contribution in [2.24, 2.45) is 0 Å². The summed E-state index contributed by atoms with van der Waals surface area (Å²) < 4.78 is 0. The maximum absolute atomic E-state index is 13.8. The lowest BCUT2D eigenvalue weighted by molar-refractivity contribution is 0.0894. The van der Waals surface area contributed by atoms with Gasteiger partial charge in [-0.15, -0.1) is 0 Å². The number of hydrogen-bond acceptors (Lipinski definition) is 4. The Labute approximate surface area is 211 Å². The van der Waals surface area contributed by atoms with Crippen LogP contribution < -0.4 is 15.5 Å². The van der Waals surface area contributed by atoms with E-state index in [-0.39, 0.29) is 28.9 Å². The van der Waals surface area contributed by atoms with Crippen molar-refractivity contribution < 1.29 is 9.59 Å². The predicted molar refractivity (Wildman–Crippen MR) is 147 cm³/mol. The Bertz CT molecular complexity index is 1510. The first-order valence-corrected chi connectivity index (χ1v) is 12.6. The molecule has 0 bridgehead atoms. The summed E-state index contributed by atoms with van der Waals surface area (Å²) in [7, 11) is 0. The number of imide groups is 1. The molecule has 0 aromatic heterocycles. The van der Waals surface area contributed by atoms with Crippen molar-refractivity contribution in [2.45, 2.75) is 57.7 Å². The number of rotatable bonds is 3. The van der Waals surface area contributed by atoms with Crippen molar-refractivity contribution in [2.75, 3.05) is 10.2 Å². The molecule has 0 unspecified atom stereocenters. The summed E-state index contributed by atoms with van der Waals surface area (Å²) in [5.74, 6) is -0.563. The van der Waals surface area contributed by atoms with Crippen LogP contribution in [-0.2, 0) is 0 Å². The molecule has 0 atom stereocenters. The molecule has 2 aliphatic rings. The third kappa shape index (κ3) is 3.66. The lowest BCUT2D eigenvalue weighted by atomic mass is 9.79. The minimum atomic E-state index is -0.282. The largest absolute Gasteiger partial charge is 0.382 e. The minimum absolute atomic E-state index is 0.0106. The summed E-state index contributed by atoms with van der Waals surface area (Å²) in [4.78, 5) is 28.9. The number of nitrogens with zero attached hydrogens (tertiary/aromatic N) is 1. The molecule has 2 aliphatic heterocycles. The molecule has 5 heteroatoms. The summed E-state index contributed by atoms with van der Waals surface area (Å²) >= 11 is 0. The Morgan fingerprint density at radius 3 is 2.11 bits per heavy atom. The Morgan fingerprint density at radius 2 is 1.36 bits per heavy atom. The second-order valence-corrected chi connectivity index (χ2v) is 11.5. The van der Waals surface area contributed by atoms with E-state index in [1.165, 1.54) is 4.90 Å². The normalized spacial score (nSPS) is 19.2. The van der Waals surface area contributed by atoms with E-state index < -0.39 is 0 Å². The van der Waals surface area contributed by atoms with Gasteiger partial charge in [-0.1, -0.05) is 48.5 Å². The van der Waals surface area contributed by atoms with Crippen LogP contribution in [0.3, 0.4) is 0 Å². The number of hydrogen-bond donors (Lipinski definition) is 2. The van der Waals surface area contributed by atoms with Crippen molar-refractivity contribution >= 4 is 44.7 Å². The van der Waals surface area contributed by atoms with E-state index in [4.69, 9.17) is 0 Å². The van der Waals surface area contributed by atoms with E-state index >= 15 is 0 Å². The molecular formula is C31H31N3O2. The molecule has 4 aromatic rings. The first-order chi connectivity index (χ1) is 17.1. The number of benzene rings is 4. The van der Waals surface area contributed by atoms with E-state index in [2.05, 4.69) is 38.3 Å². The molecule has 0 radical (unpaired) electrons. The zero-order valence-electron chi connectivity index (χ0n) is 21.2. The van der Waals surface area contributed by atoms with Crippen LogP contribution in [0.4, 0.5) is 11.4 Å². The first-order valence-electron chi connectivity index (χ1n) is 12.6. The van der Waals surface area contributed by atoms with Crippen LogP contribution in [-0.4, -0.2) is 28.9 Å². The van der Waals surface area contributed by atoms with Crippen LogP contribution >= 0.6 is 0 Å². The van der Waals surface area contributed by atoms with Gasteiger partial charge in [-0.05, 0) is 70.2 Å². The zero-order chi connectivity index (χ0) is 25.2. The molecule has 2 N–H and O–H groups in total. The third-order valence-electron chi connectivity index (χ3n) is 7.46. The molecule has 2 heterocycles. The highest BCUT2D eigenvalue weighted by molar-refractivity contribution is 6.37. The highest BCUT2D eigenvalue weighted by Gasteiger charge is 2.39. The topological polar surface area (TPSA) is 61.4 Å². The van der Waals surface area contributed by atoms with Gasteiger partial charge in [0.1, 0.15) is 0 Å². The van der Waals surface area contributed by atoms with Crippen molar-refractivity contribution in [3.8, 4) is 0 Å². The molecule has 1 fully saturated rings. The van der Waals surface area contributed by atoms with Crippen LogP contribution in [0.1, 0.15) is 61.3 Å². The lowest BCUT2D eigenvalue weighted by Gasteiger charge is -2.47. The van der Waals surface area contributed by atoms with Gasteiger partial charge in [0, 0.05) is 50.1 Å². The molecule has 2 amide bonds. The third-order valence-corrected chi connectivity index (χ3v) is 7.46. The smallest absolute Gasteiger partial charge is 0.266 e. The van der Waals surface area contributed by atoms with Gasteiger partial charge in [0.15, 0.2) is 0 Å². The van der Waals surface area contributed by atoms with Gasteiger partial charge in [0.2, 0.25) is 0 Å². The maximum atomic E-state index is 13.8. The number of piperidine rings is 1. The maximum Gasteiger partial charge on any atom is 0.266 e. The summed E-state index contributed by atoms with van der Waals surface area (Å²) in [6.07, 6.45) is 1.96. The molecule has 182 valence electrons. The molecule has 36 heavy (non-hydrogen) atoms.